The number of nitrogens with zero attached hydrogens (tertiary/aromatic N) is 1. The zero-order valence-electron chi connectivity index (χ0n) is 13.8. The smallest absolute Gasteiger partial charge is 0.250 e. The number of likely N-dealkylation sites (N-methyl/N-ethyl adjacent to an activating group) is 1. The van der Waals surface area contributed by atoms with Gasteiger partial charge in [-0.05, 0) is 36.9 Å². The summed E-state index contributed by atoms with van der Waals surface area (Å²) in [4.78, 5) is 16.0. The quantitative estimate of drug-likeness (QED) is 0.634. The van der Waals surface area contributed by atoms with E-state index in [1.807, 2.05) is 49.5 Å². The lowest BCUT2D eigenvalue weighted by atomic mass is 10.0. The summed E-state index contributed by atoms with van der Waals surface area (Å²) >= 11 is 6.13. The second-order valence-electron chi connectivity index (χ2n) is 5.73. The molecule has 128 valence electrons. The summed E-state index contributed by atoms with van der Waals surface area (Å²) in [5.41, 5.74) is 8.42. The lowest BCUT2D eigenvalue weighted by Crippen LogP contribution is -2.23. The van der Waals surface area contributed by atoms with E-state index in [2.05, 4.69) is 15.6 Å². The van der Waals surface area contributed by atoms with Crippen LogP contribution in [0.4, 0.5) is 5.69 Å². The highest BCUT2D eigenvalue weighted by Crippen LogP contribution is 2.28. The molecule has 2 aromatic carbocycles. The number of hydrogen-bond donors (Lipinski definition) is 3. The number of halogens is 1. The highest BCUT2D eigenvalue weighted by molar-refractivity contribution is 6.30. The number of para-hydroxylation sites is 1. The molecular weight excluding hydrogens is 336 g/mol. The number of pyridine rings is 1. The molecule has 0 saturated heterocycles. The van der Waals surface area contributed by atoms with Crippen LogP contribution in [0, 0.1) is 0 Å². The van der Waals surface area contributed by atoms with Gasteiger partial charge in [0.15, 0.2) is 0 Å². The van der Waals surface area contributed by atoms with Gasteiger partial charge in [-0.25, -0.2) is 0 Å². The molecule has 1 aromatic heterocycles. The largest absolute Gasteiger partial charge is 0.376 e. The molecule has 5 nitrogen and oxygen atoms in total. The van der Waals surface area contributed by atoms with Gasteiger partial charge >= 0.3 is 0 Å². The minimum absolute atomic E-state index is 0.00605. The fourth-order valence-electron chi connectivity index (χ4n) is 2.87. The van der Waals surface area contributed by atoms with Crippen LogP contribution in [-0.2, 0) is 0 Å². The summed E-state index contributed by atoms with van der Waals surface area (Å²) in [7, 11) is 1.90. The molecule has 0 aliphatic rings. The maximum absolute atomic E-state index is 11.6. The first-order valence-electron chi connectivity index (χ1n) is 7.94. The molecule has 25 heavy (non-hydrogen) atoms. The predicted molar refractivity (Wildman–Crippen MR) is 102 cm³/mol. The zero-order valence-corrected chi connectivity index (χ0v) is 14.5. The zero-order chi connectivity index (χ0) is 17.8. The molecular formula is C19H19ClN4O. The third kappa shape index (κ3) is 3.73. The second kappa shape index (κ2) is 7.51. The van der Waals surface area contributed by atoms with E-state index in [1.165, 1.54) is 0 Å². The Morgan fingerprint density at radius 2 is 2.04 bits per heavy atom. The van der Waals surface area contributed by atoms with Gasteiger partial charge in [-0.15, -0.1) is 0 Å². The molecule has 0 saturated carbocycles. The fraction of sp³-hybridized carbons (Fsp3) is 0.158. The van der Waals surface area contributed by atoms with Crippen LogP contribution in [0.1, 0.15) is 22.0 Å². The Kier molecular flexibility index (Phi) is 5.16. The Hall–Kier alpha value is -2.63. The monoisotopic (exact) mass is 354 g/mol. The van der Waals surface area contributed by atoms with Gasteiger partial charge in [0.1, 0.15) is 0 Å². The van der Waals surface area contributed by atoms with E-state index in [1.54, 1.807) is 12.3 Å². The number of hydrogen-bond acceptors (Lipinski definition) is 4. The first kappa shape index (κ1) is 17.2. The fourth-order valence-corrected chi connectivity index (χ4v) is 3.07. The summed E-state index contributed by atoms with van der Waals surface area (Å²) in [5, 5.41) is 8.25. The summed E-state index contributed by atoms with van der Waals surface area (Å²) < 4.78 is 0. The highest BCUT2D eigenvalue weighted by atomic mass is 35.5. The van der Waals surface area contributed by atoms with Gasteiger partial charge in [0, 0.05) is 28.8 Å². The summed E-state index contributed by atoms with van der Waals surface area (Å²) in [6.45, 7) is 0.708. The van der Waals surface area contributed by atoms with Gasteiger partial charge in [-0.2, -0.15) is 0 Å². The SMILES string of the molecule is CNC[C@@H](Nc1ccnc2c(C(N)=O)cccc12)c1cccc(Cl)c1. The van der Waals surface area contributed by atoms with Crippen molar-refractivity contribution < 1.29 is 4.79 Å². The Morgan fingerprint density at radius 1 is 1.24 bits per heavy atom. The van der Waals surface area contributed by atoms with Crippen LogP contribution in [0.2, 0.25) is 5.02 Å². The van der Waals surface area contributed by atoms with Gasteiger partial charge in [0.2, 0.25) is 0 Å². The summed E-state index contributed by atoms with van der Waals surface area (Å²) in [6, 6.07) is 15.1. The van der Waals surface area contributed by atoms with Crippen molar-refractivity contribution in [3.63, 3.8) is 0 Å². The highest BCUT2D eigenvalue weighted by Gasteiger charge is 2.15. The van der Waals surface area contributed by atoms with Crippen molar-refractivity contribution in [2.45, 2.75) is 6.04 Å². The van der Waals surface area contributed by atoms with E-state index in [4.69, 9.17) is 17.3 Å². The van der Waals surface area contributed by atoms with Gasteiger partial charge in [0.05, 0.1) is 17.1 Å². The molecule has 3 aromatic rings. The number of carbonyl (C=O) groups is 1. The number of carbonyl (C=O) groups excluding carboxylic acids is 1. The van der Waals surface area contributed by atoms with Gasteiger partial charge < -0.3 is 16.4 Å². The number of anilines is 1. The van der Waals surface area contributed by atoms with Crippen molar-refractivity contribution in [3.05, 3.63) is 70.9 Å². The molecule has 0 spiro atoms. The van der Waals surface area contributed by atoms with E-state index >= 15 is 0 Å². The van der Waals surface area contributed by atoms with Crippen molar-refractivity contribution in [1.82, 2.24) is 10.3 Å². The van der Waals surface area contributed by atoms with E-state index in [-0.39, 0.29) is 6.04 Å². The normalized spacial score (nSPS) is 12.1. The average Bonchev–Trinajstić information content (AvgIpc) is 2.61. The first-order chi connectivity index (χ1) is 12.1. The maximum Gasteiger partial charge on any atom is 0.250 e. The van der Waals surface area contributed by atoms with E-state index in [9.17, 15) is 4.79 Å². The number of fused-ring (bicyclic) bond motifs is 1. The lowest BCUT2D eigenvalue weighted by molar-refractivity contribution is 0.100. The number of amides is 1. The molecule has 0 aliphatic heterocycles. The van der Waals surface area contributed by atoms with Crippen LogP contribution in [0.25, 0.3) is 10.9 Å². The molecule has 1 heterocycles. The number of primary amides is 1. The molecule has 1 atom stereocenters. The van der Waals surface area contributed by atoms with Crippen LogP contribution in [0.5, 0.6) is 0 Å². The molecule has 6 heteroatoms. The Labute approximate surface area is 151 Å². The van der Waals surface area contributed by atoms with E-state index in [0.29, 0.717) is 22.6 Å². The number of nitrogens with two attached hydrogens (primary N) is 1. The third-order valence-electron chi connectivity index (χ3n) is 4.03. The molecule has 0 radical (unpaired) electrons. The first-order valence-corrected chi connectivity index (χ1v) is 8.32. The van der Waals surface area contributed by atoms with Crippen molar-refractivity contribution in [1.29, 1.82) is 0 Å². The molecule has 0 fully saturated rings. The molecule has 4 N–H and O–H groups in total. The number of benzene rings is 2. The van der Waals surface area contributed by atoms with Crippen molar-refractivity contribution >= 4 is 34.1 Å². The topological polar surface area (TPSA) is 80.0 Å². The second-order valence-corrected chi connectivity index (χ2v) is 6.17. The van der Waals surface area contributed by atoms with Crippen molar-refractivity contribution in [2.24, 2.45) is 5.73 Å². The molecule has 0 unspecified atom stereocenters. The minimum Gasteiger partial charge on any atom is -0.376 e. The van der Waals surface area contributed by atoms with Crippen LogP contribution in [-0.4, -0.2) is 24.5 Å². The van der Waals surface area contributed by atoms with Crippen LogP contribution in [0.15, 0.2) is 54.7 Å². The molecule has 0 aliphatic carbocycles. The van der Waals surface area contributed by atoms with E-state index < -0.39 is 5.91 Å². The number of aromatic nitrogens is 1. The molecule has 3 rings (SSSR count). The third-order valence-corrected chi connectivity index (χ3v) is 4.26. The Balaban J connectivity index is 2.03. The maximum atomic E-state index is 11.6. The van der Waals surface area contributed by atoms with Crippen molar-refractivity contribution in [2.75, 3.05) is 18.9 Å². The summed E-state index contributed by atoms with van der Waals surface area (Å²) in [6.07, 6.45) is 1.67. The van der Waals surface area contributed by atoms with Crippen LogP contribution in [0.3, 0.4) is 0 Å². The number of rotatable bonds is 6. The van der Waals surface area contributed by atoms with Gasteiger partial charge in [-0.3, -0.25) is 9.78 Å². The Morgan fingerprint density at radius 3 is 2.76 bits per heavy atom. The van der Waals surface area contributed by atoms with Crippen LogP contribution < -0.4 is 16.4 Å². The number of nitrogens with one attached hydrogen (secondary N) is 2. The van der Waals surface area contributed by atoms with E-state index in [0.717, 1.165) is 16.6 Å². The van der Waals surface area contributed by atoms with Crippen LogP contribution >= 0.6 is 11.6 Å². The molecule has 1 amide bonds. The van der Waals surface area contributed by atoms with Crippen molar-refractivity contribution in [3.8, 4) is 0 Å². The average molecular weight is 355 g/mol. The predicted octanol–water partition coefficient (Wildman–Crippen LogP) is 3.36. The molecule has 0 bridgehead atoms. The Bertz CT molecular complexity index is 913. The van der Waals surface area contributed by atoms with Gasteiger partial charge in [-0.1, -0.05) is 35.9 Å². The standard InChI is InChI=1S/C19H19ClN4O/c1-22-11-17(12-4-2-5-13(20)10-12)24-16-8-9-23-18-14(16)6-3-7-15(18)19(21)25/h2-10,17,22H,11H2,1H3,(H2,21,25)(H,23,24)/t17-/m1/s1. The summed E-state index contributed by atoms with van der Waals surface area (Å²) in [5.74, 6) is -0.489. The van der Waals surface area contributed by atoms with Gasteiger partial charge in [0.25, 0.3) is 5.91 Å². The minimum atomic E-state index is -0.489. The lowest BCUT2D eigenvalue weighted by Gasteiger charge is -2.21.